The van der Waals surface area contributed by atoms with Gasteiger partial charge in [-0.3, -0.25) is 9.59 Å². The topological polar surface area (TPSA) is 122 Å². The number of anilines is 1. The minimum Gasteiger partial charge on any atom is -0.477 e. The molecule has 1 saturated heterocycles. The number of likely N-dealkylation sites (tertiary alicyclic amines) is 1. The van der Waals surface area contributed by atoms with Gasteiger partial charge in [-0.2, -0.15) is 8.42 Å². The number of fused-ring (bicyclic) bond motifs is 2. The maximum atomic E-state index is 13.4. The fourth-order valence-electron chi connectivity index (χ4n) is 4.47. The lowest BCUT2D eigenvalue weighted by Crippen LogP contribution is -2.52. The zero-order valence-electron chi connectivity index (χ0n) is 17.2. The van der Waals surface area contributed by atoms with Crippen LogP contribution in [-0.2, 0) is 19.6 Å². The van der Waals surface area contributed by atoms with Crippen molar-refractivity contribution in [1.82, 2.24) is 4.90 Å². The lowest BCUT2D eigenvalue weighted by Gasteiger charge is -2.38. The molecule has 3 heterocycles. The molecule has 0 aromatic heterocycles. The number of amidine groups is 1. The summed E-state index contributed by atoms with van der Waals surface area (Å²) in [5.41, 5.74) is 6.67. The molecule has 0 bridgehead atoms. The van der Waals surface area contributed by atoms with Gasteiger partial charge in [0.1, 0.15) is 10.6 Å². The van der Waals surface area contributed by atoms with Crippen LogP contribution in [0, 0.1) is 5.92 Å². The van der Waals surface area contributed by atoms with Crippen molar-refractivity contribution in [2.75, 3.05) is 24.5 Å². The number of nitrogens with zero attached hydrogens (tertiary/aromatic N) is 3. The number of ether oxygens (including phenoxy) is 1. The molecule has 1 fully saturated rings. The number of hydrogen-bond donors (Lipinski definition) is 1. The Kier molecular flexibility index (Phi) is 4.89. The Hall–Kier alpha value is -3.40. The molecule has 5 rings (SSSR count). The van der Waals surface area contributed by atoms with Gasteiger partial charge in [-0.1, -0.05) is 24.3 Å². The van der Waals surface area contributed by atoms with Crippen LogP contribution in [0.15, 0.2) is 57.8 Å². The minimum absolute atomic E-state index is 0.0731. The summed E-state index contributed by atoms with van der Waals surface area (Å²) in [5.74, 6) is -0.0773. The van der Waals surface area contributed by atoms with Crippen LogP contribution in [0.3, 0.4) is 0 Å². The third-order valence-corrected chi connectivity index (χ3v) is 7.44. The third-order valence-electron chi connectivity index (χ3n) is 6.11. The van der Waals surface area contributed by atoms with Crippen LogP contribution in [0.2, 0.25) is 0 Å². The summed E-state index contributed by atoms with van der Waals surface area (Å²) in [6, 6.07) is 13.9. The average Bonchev–Trinajstić information content (AvgIpc) is 3.09. The van der Waals surface area contributed by atoms with Gasteiger partial charge in [0, 0.05) is 24.6 Å². The van der Waals surface area contributed by atoms with Crippen LogP contribution in [-0.4, -0.2) is 56.7 Å². The lowest BCUT2D eigenvalue weighted by atomic mass is 9.94. The number of amides is 2. The summed E-state index contributed by atoms with van der Waals surface area (Å²) >= 11 is 0. The molecule has 2 aromatic carbocycles. The van der Waals surface area contributed by atoms with E-state index in [0.29, 0.717) is 48.8 Å². The van der Waals surface area contributed by atoms with Crippen molar-refractivity contribution in [2.45, 2.75) is 23.8 Å². The Morgan fingerprint density at radius 1 is 1.03 bits per heavy atom. The van der Waals surface area contributed by atoms with Gasteiger partial charge in [0.2, 0.25) is 5.91 Å². The van der Waals surface area contributed by atoms with E-state index in [0.717, 1.165) is 0 Å². The maximum absolute atomic E-state index is 13.4. The number of benzene rings is 2. The highest BCUT2D eigenvalue weighted by atomic mass is 32.2. The van der Waals surface area contributed by atoms with Crippen molar-refractivity contribution < 1.29 is 22.7 Å². The summed E-state index contributed by atoms with van der Waals surface area (Å²) in [4.78, 5) is 28.9. The van der Waals surface area contributed by atoms with Crippen molar-refractivity contribution in [1.29, 1.82) is 0 Å². The highest BCUT2D eigenvalue weighted by molar-refractivity contribution is 7.90. The van der Waals surface area contributed by atoms with Crippen LogP contribution >= 0.6 is 0 Å². The van der Waals surface area contributed by atoms with E-state index >= 15 is 0 Å². The summed E-state index contributed by atoms with van der Waals surface area (Å²) < 4.78 is 34.4. The van der Waals surface area contributed by atoms with Crippen molar-refractivity contribution in [3.63, 3.8) is 0 Å². The smallest absolute Gasteiger partial charge is 0.285 e. The van der Waals surface area contributed by atoms with E-state index in [1.807, 2.05) is 11.0 Å². The Morgan fingerprint density at radius 2 is 1.72 bits per heavy atom. The van der Waals surface area contributed by atoms with E-state index in [2.05, 4.69) is 4.40 Å². The number of carbonyl (C=O) groups is 2. The maximum Gasteiger partial charge on any atom is 0.285 e. The Balaban J connectivity index is 1.33. The van der Waals surface area contributed by atoms with Gasteiger partial charge in [-0.15, -0.1) is 4.40 Å². The van der Waals surface area contributed by atoms with Crippen molar-refractivity contribution in [2.24, 2.45) is 16.0 Å². The molecule has 0 radical (unpaired) electrons. The number of rotatable bonds is 2. The van der Waals surface area contributed by atoms with Crippen LogP contribution in [0.1, 0.15) is 18.4 Å². The molecular formula is C22H22N4O5S. The highest BCUT2D eigenvalue weighted by Gasteiger charge is 2.38. The normalized spacial score (nSPS) is 21.9. The quantitative estimate of drug-likeness (QED) is 0.726. The number of sulfonamides is 1. The molecule has 10 heteroatoms. The first kappa shape index (κ1) is 20.5. The van der Waals surface area contributed by atoms with Crippen LogP contribution in [0.4, 0.5) is 5.69 Å². The molecular weight excluding hydrogens is 432 g/mol. The Morgan fingerprint density at radius 3 is 2.47 bits per heavy atom. The van der Waals surface area contributed by atoms with Gasteiger partial charge >= 0.3 is 0 Å². The number of para-hydroxylation sites is 2. The molecule has 0 aliphatic carbocycles. The summed E-state index contributed by atoms with van der Waals surface area (Å²) in [7, 11) is -3.69. The average molecular weight is 455 g/mol. The number of piperidine rings is 1. The van der Waals surface area contributed by atoms with Crippen LogP contribution in [0.25, 0.3) is 0 Å². The molecule has 166 valence electrons. The molecule has 32 heavy (non-hydrogen) atoms. The third kappa shape index (κ3) is 3.40. The first-order valence-corrected chi connectivity index (χ1v) is 11.8. The van der Waals surface area contributed by atoms with Crippen LogP contribution in [0.5, 0.6) is 5.75 Å². The van der Waals surface area contributed by atoms with E-state index in [9.17, 15) is 18.0 Å². The second-order valence-electron chi connectivity index (χ2n) is 8.07. The van der Waals surface area contributed by atoms with E-state index in [1.165, 1.54) is 0 Å². The monoisotopic (exact) mass is 454 g/mol. The first-order valence-electron chi connectivity index (χ1n) is 10.4. The van der Waals surface area contributed by atoms with Gasteiger partial charge in [0.25, 0.3) is 15.9 Å². The van der Waals surface area contributed by atoms with E-state index in [1.54, 1.807) is 47.4 Å². The van der Waals surface area contributed by atoms with Crippen molar-refractivity contribution >= 4 is 33.4 Å². The predicted octanol–water partition coefficient (Wildman–Crippen LogP) is 1.13. The lowest BCUT2D eigenvalue weighted by molar-refractivity contribution is -0.126. The highest BCUT2D eigenvalue weighted by Crippen LogP contribution is 2.36. The van der Waals surface area contributed by atoms with Crippen molar-refractivity contribution in [3.05, 3.63) is 54.1 Å². The van der Waals surface area contributed by atoms with Crippen molar-refractivity contribution in [3.8, 4) is 5.75 Å². The van der Waals surface area contributed by atoms with Gasteiger partial charge in [-0.25, -0.2) is 0 Å². The Bertz CT molecular complexity index is 1230. The molecule has 0 unspecified atom stereocenters. The molecule has 3 aliphatic heterocycles. The largest absolute Gasteiger partial charge is 0.477 e. The summed E-state index contributed by atoms with van der Waals surface area (Å²) in [6.45, 7) is 1.08. The second-order valence-corrected chi connectivity index (χ2v) is 9.65. The molecule has 0 saturated carbocycles. The number of carbonyl (C=O) groups excluding carboxylic acids is 2. The standard InChI is InChI=1S/C22H22N4O5S/c23-20(27)18-13-26(16-6-2-3-7-17(16)31-18)22(28)14-9-11-25(12-10-14)21-15-5-1-4-8-19(15)32(29,30)24-21/h1-8,14,18H,9-13H2,(H2,23,27)/t18-/m0/s1. The Labute approximate surface area is 185 Å². The van der Waals surface area contributed by atoms with Crippen LogP contribution < -0.4 is 15.4 Å². The molecule has 3 aliphatic rings. The first-order chi connectivity index (χ1) is 15.3. The summed E-state index contributed by atoms with van der Waals surface area (Å²) in [6.07, 6.45) is 0.185. The zero-order valence-corrected chi connectivity index (χ0v) is 18.0. The molecule has 1 atom stereocenters. The fourth-order valence-corrected chi connectivity index (χ4v) is 5.69. The molecule has 0 spiro atoms. The number of hydrogen-bond acceptors (Lipinski definition) is 6. The minimum atomic E-state index is -3.69. The van der Waals surface area contributed by atoms with Gasteiger partial charge in [0.05, 0.1) is 12.2 Å². The second kappa shape index (κ2) is 7.63. The molecule has 2 N–H and O–H groups in total. The summed E-state index contributed by atoms with van der Waals surface area (Å²) in [5, 5.41) is 0. The predicted molar refractivity (Wildman–Crippen MR) is 117 cm³/mol. The molecule has 2 amide bonds. The molecule has 9 nitrogen and oxygen atoms in total. The van der Waals surface area contributed by atoms with Gasteiger partial charge in [-0.05, 0) is 37.1 Å². The van der Waals surface area contributed by atoms with Gasteiger partial charge < -0.3 is 20.3 Å². The number of nitrogens with two attached hydrogens (primary N) is 1. The van der Waals surface area contributed by atoms with E-state index in [4.69, 9.17) is 10.5 Å². The fraction of sp³-hybridized carbons (Fsp3) is 0.318. The van der Waals surface area contributed by atoms with E-state index < -0.39 is 22.0 Å². The number of primary amides is 1. The zero-order chi connectivity index (χ0) is 22.5. The van der Waals surface area contributed by atoms with Gasteiger partial charge in [0.15, 0.2) is 11.9 Å². The molecule has 2 aromatic rings. The van der Waals surface area contributed by atoms with E-state index in [-0.39, 0.29) is 23.3 Å². The SMILES string of the molecule is NC(=O)[C@@H]1CN(C(=O)C2CCN(C3=NS(=O)(=O)c4ccccc43)CC2)c2ccccc2O1.